The second-order valence-electron chi connectivity index (χ2n) is 6.81. The molecule has 1 aromatic carbocycles. The molecule has 0 aliphatic carbocycles. The van der Waals surface area contributed by atoms with E-state index in [1.165, 1.54) is 6.07 Å². The number of nitrogens with one attached hydrogen (secondary N) is 2. The summed E-state index contributed by atoms with van der Waals surface area (Å²) in [5, 5.41) is 17.7. The molecule has 2 aromatic heterocycles. The summed E-state index contributed by atoms with van der Waals surface area (Å²) in [6, 6.07) is 4.23. The lowest BCUT2D eigenvalue weighted by molar-refractivity contribution is -0.384. The molecule has 0 saturated heterocycles. The molecule has 11 heteroatoms. The van der Waals surface area contributed by atoms with E-state index in [0.717, 1.165) is 17.6 Å². The zero-order chi connectivity index (χ0) is 20.7. The molecule has 0 unspecified atom stereocenters. The van der Waals surface area contributed by atoms with Crippen LogP contribution in [-0.2, 0) is 6.54 Å². The Morgan fingerprint density at radius 1 is 1.37 bits per heavy atom. The zero-order valence-corrected chi connectivity index (χ0v) is 15.6. The number of para-hydroxylation sites is 1. The Hall–Kier alpha value is -4.02. The van der Waals surface area contributed by atoms with Crippen LogP contribution in [0.25, 0.3) is 12.0 Å². The van der Waals surface area contributed by atoms with E-state index in [1.54, 1.807) is 29.2 Å². The van der Waals surface area contributed by atoms with Gasteiger partial charge in [-0.2, -0.15) is 4.98 Å². The van der Waals surface area contributed by atoms with Gasteiger partial charge >= 0.3 is 5.69 Å². The highest BCUT2D eigenvalue weighted by Gasteiger charge is 2.28. The first kappa shape index (κ1) is 18.0. The standard InChI is InChI=1S/C19H16FN7O3/c20-12-3-1-2-11-13(5-7-30-17(11)12)24-18-16(27(28)29)9-22-19(25-18)26-10-23-14-4-6-21-8-15(14)26/h1-4,6,9-10,13,21H,5,7-8H2,(H,22,24,25)/t13-/m1/s1. The third-order valence-electron chi connectivity index (χ3n) is 5.03. The van der Waals surface area contributed by atoms with Gasteiger partial charge in [-0.15, -0.1) is 0 Å². The molecule has 3 aromatic rings. The number of rotatable bonds is 4. The summed E-state index contributed by atoms with van der Waals surface area (Å²) < 4.78 is 21.2. The highest BCUT2D eigenvalue weighted by atomic mass is 19.1. The van der Waals surface area contributed by atoms with E-state index >= 15 is 0 Å². The summed E-state index contributed by atoms with van der Waals surface area (Å²) in [4.78, 5) is 23.9. The summed E-state index contributed by atoms with van der Waals surface area (Å²) in [5.41, 5.74) is 1.94. The van der Waals surface area contributed by atoms with Crippen molar-refractivity contribution in [1.29, 1.82) is 0 Å². The molecule has 2 N–H and O–H groups in total. The van der Waals surface area contributed by atoms with Gasteiger partial charge in [-0.05, 0) is 18.3 Å². The summed E-state index contributed by atoms with van der Waals surface area (Å²) in [5.74, 6) is -0.0171. The Labute approximate surface area is 169 Å². The fraction of sp³-hybridized carbons (Fsp3) is 0.211. The number of nitrogens with zero attached hydrogens (tertiary/aromatic N) is 5. The van der Waals surface area contributed by atoms with Crippen LogP contribution in [0.5, 0.6) is 5.75 Å². The second-order valence-corrected chi connectivity index (χ2v) is 6.81. The maximum absolute atomic E-state index is 14.1. The third kappa shape index (κ3) is 3.00. The summed E-state index contributed by atoms with van der Waals surface area (Å²) >= 11 is 0. The molecule has 152 valence electrons. The third-order valence-corrected chi connectivity index (χ3v) is 5.03. The van der Waals surface area contributed by atoms with E-state index in [0.29, 0.717) is 18.5 Å². The minimum Gasteiger partial charge on any atom is -0.490 e. The molecule has 4 heterocycles. The SMILES string of the molecule is O=[N+]([O-])c1cnc(-n2cnc3c2CNC=C3)nc1N[C@@H]1CCOc2c(F)cccc21. The molecule has 10 nitrogen and oxygen atoms in total. The van der Waals surface area contributed by atoms with Crippen molar-refractivity contribution in [3.8, 4) is 11.7 Å². The van der Waals surface area contributed by atoms with Crippen molar-refractivity contribution in [1.82, 2.24) is 24.8 Å². The smallest absolute Gasteiger partial charge is 0.329 e. The molecule has 0 amide bonds. The quantitative estimate of drug-likeness (QED) is 0.499. The Bertz CT molecular complexity index is 1180. The van der Waals surface area contributed by atoms with E-state index < -0.39 is 16.8 Å². The Balaban J connectivity index is 1.55. The van der Waals surface area contributed by atoms with Gasteiger partial charge in [-0.25, -0.2) is 14.4 Å². The van der Waals surface area contributed by atoms with Crippen molar-refractivity contribution in [2.45, 2.75) is 19.0 Å². The lowest BCUT2D eigenvalue weighted by Crippen LogP contribution is -2.22. The molecule has 1 atom stereocenters. The molecule has 0 bridgehead atoms. The van der Waals surface area contributed by atoms with E-state index in [1.807, 2.05) is 6.08 Å². The molecule has 0 radical (unpaired) electrons. The minimum atomic E-state index is -0.550. The van der Waals surface area contributed by atoms with Gasteiger partial charge in [0.15, 0.2) is 11.6 Å². The molecule has 2 aliphatic heterocycles. The average Bonchev–Trinajstić information content (AvgIpc) is 3.18. The minimum absolute atomic E-state index is 0.0499. The van der Waals surface area contributed by atoms with Crippen LogP contribution in [0.3, 0.4) is 0 Å². The normalized spacial score (nSPS) is 16.8. The Morgan fingerprint density at radius 3 is 3.13 bits per heavy atom. The van der Waals surface area contributed by atoms with Crippen molar-refractivity contribution in [3.63, 3.8) is 0 Å². The van der Waals surface area contributed by atoms with Crippen molar-refractivity contribution >= 4 is 17.6 Å². The van der Waals surface area contributed by atoms with Crippen LogP contribution in [0.15, 0.2) is 36.9 Å². The largest absolute Gasteiger partial charge is 0.490 e. The summed E-state index contributed by atoms with van der Waals surface area (Å²) in [7, 11) is 0. The number of halogens is 1. The monoisotopic (exact) mass is 409 g/mol. The molecule has 5 rings (SSSR count). The van der Waals surface area contributed by atoms with Crippen molar-refractivity contribution in [2.75, 3.05) is 11.9 Å². The Morgan fingerprint density at radius 2 is 2.27 bits per heavy atom. The number of imidazole rings is 1. The fourth-order valence-electron chi connectivity index (χ4n) is 3.59. The molecule has 0 saturated carbocycles. The van der Waals surface area contributed by atoms with Gasteiger partial charge in [-0.3, -0.25) is 14.7 Å². The Kier molecular flexibility index (Phi) is 4.27. The van der Waals surface area contributed by atoms with Crippen LogP contribution in [0.2, 0.25) is 0 Å². The maximum atomic E-state index is 14.1. The van der Waals surface area contributed by atoms with Gasteiger partial charge in [0.2, 0.25) is 11.8 Å². The average molecular weight is 409 g/mol. The predicted octanol–water partition coefficient (Wildman–Crippen LogP) is 2.72. The van der Waals surface area contributed by atoms with Crippen molar-refractivity contribution in [3.05, 3.63) is 69.8 Å². The number of benzene rings is 1. The number of hydrogen-bond donors (Lipinski definition) is 2. The number of aromatic nitrogens is 4. The van der Waals surface area contributed by atoms with Crippen LogP contribution in [0.1, 0.15) is 29.4 Å². The van der Waals surface area contributed by atoms with Gasteiger partial charge in [0.05, 0.1) is 35.5 Å². The van der Waals surface area contributed by atoms with E-state index in [-0.39, 0.29) is 29.8 Å². The number of ether oxygens (including phenoxy) is 1. The molecular weight excluding hydrogens is 393 g/mol. The lowest BCUT2D eigenvalue weighted by atomic mass is 10.0. The van der Waals surface area contributed by atoms with Gasteiger partial charge in [0.25, 0.3) is 0 Å². The first-order valence-corrected chi connectivity index (χ1v) is 9.27. The van der Waals surface area contributed by atoms with Crippen LogP contribution < -0.4 is 15.4 Å². The van der Waals surface area contributed by atoms with Crippen LogP contribution in [0.4, 0.5) is 15.9 Å². The molecule has 30 heavy (non-hydrogen) atoms. The number of anilines is 1. The second kappa shape index (κ2) is 7.10. The molecule has 2 aliphatic rings. The van der Waals surface area contributed by atoms with Gasteiger partial charge < -0.3 is 15.4 Å². The molecular formula is C19H16FN7O3. The first-order valence-electron chi connectivity index (χ1n) is 9.27. The van der Waals surface area contributed by atoms with Crippen LogP contribution in [-0.4, -0.2) is 31.0 Å². The number of fused-ring (bicyclic) bond motifs is 2. The van der Waals surface area contributed by atoms with Crippen molar-refractivity contribution in [2.24, 2.45) is 0 Å². The number of hydrogen-bond acceptors (Lipinski definition) is 8. The predicted molar refractivity (Wildman–Crippen MR) is 105 cm³/mol. The topological polar surface area (TPSA) is 120 Å². The van der Waals surface area contributed by atoms with Gasteiger partial charge in [-0.1, -0.05) is 12.1 Å². The van der Waals surface area contributed by atoms with E-state index in [9.17, 15) is 14.5 Å². The lowest BCUT2D eigenvalue weighted by Gasteiger charge is -2.27. The van der Waals surface area contributed by atoms with Crippen LogP contribution >= 0.6 is 0 Å². The van der Waals surface area contributed by atoms with E-state index in [4.69, 9.17) is 4.74 Å². The molecule has 0 fully saturated rings. The zero-order valence-electron chi connectivity index (χ0n) is 15.6. The number of nitro groups is 1. The van der Waals surface area contributed by atoms with Gasteiger partial charge in [0.1, 0.15) is 12.5 Å². The van der Waals surface area contributed by atoms with E-state index in [2.05, 4.69) is 25.6 Å². The van der Waals surface area contributed by atoms with Crippen molar-refractivity contribution < 1.29 is 14.1 Å². The highest BCUT2D eigenvalue weighted by molar-refractivity contribution is 5.58. The summed E-state index contributed by atoms with van der Waals surface area (Å²) in [6.45, 7) is 0.811. The maximum Gasteiger partial charge on any atom is 0.329 e. The highest BCUT2D eigenvalue weighted by Crippen LogP contribution is 2.37. The fourth-order valence-corrected chi connectivity index (χ4v) is 3.59. The molecule has 0 spiro atoms. The van der Waals surface area contributed by atoms with Crippen LogP contribution in [0, 0.1) is 15.9 Å². The van der Waals surface area contributed by atoms with Gasteiger partial charge in [0, 0.05) is 12.0 Å². The summed E-state index contributed by atoms with van der Waals surface area (Å²) in [6.07, 6.45) is 6.86. The first-order chi connectivity index (χ1) is 14.6.